The molecule has 0 atom stereocenters. The van der Waals surface area contributed by atoms with Gasteiger partial charge in [-0.25, -0.2) is 0 Å². The normalized spacial score (nSPS) is 17.2. The van der Waals surface area contributed by atoms with Crippen molar-refractivity contribution in [2.75, 3.05) is 0 Å². The smallest absolute Gasteiger partial charge is 0.0241 e. The largest absolute Gasteiger partial charge is 0.0654 e. The van der Waals surface area contributed by atoms with Crippen LogP contribution in [0.2, 0.25) is 0 Å². The highest BCUT2D eigenvalue weighted by Gasteiger charge is 2.20. The van der Waals surface area contributed by atoms with Crippen LogP contribution in [0.4, 0.5) is 0 Å². The average Bonchev–Trinajstić information content (AvgIpc) is 2.80. The summed E-state index contributed by atoms with van der Waals surface area (Å²) >= 11 is 0. The molecule has 65 valence electrons. The Balaban J connectivity index is 1.66. The van der Waals surface area contributed by atoms with Crippen molar-refractivity contribution >= 4 is 0 Å². The van der Waals surface area contributed by atoms with E-state index in [1.807, 2.05) is 5.92 Å². The third-order valence-corrected chi connectivity index (χ3v) is 2.49. The van der Waals surface area contributed by atoms with Gasteiger partial charge in [-0.15, -0.1) is 0 Å². The highest BCUT2D eigenvalue weighted by atomic mass is 14.2. The minimum absolute atomic E-state index is 1.37. The quantitative estimate of drug-likeness (QED) is 0.483. The molecule has 1 radical (unpaired) electrons. The Hall–Kier alpha value is 0. The predicted octanol–water partition coefficient (Wildman–Crippen LogP) is 4.11. The summed E-state index contributed by atoms with van der Waals surface area (Å²) in [5.74, 6) is 1.83. The second-order valence-electron chi connectivity index (χ2n) is 3.77. The lowest BCUT2D eigenvalue weighted by Gasteiger charge is -1.98. The van der Waals surface area contributed by atoms with Crippen LogP contribution in [-0.4, -0.2) is 0 Å². The van der Waals surface area contributed by atoms with E-state index >= 15 is 0 Å². The van der Waals surface area contributed by atoms with Gasteiger partial charge in [0.05, 0.1) is 0 Å². The van der Waals surface area contributed by atoms with Gasteiger partial charge in [0.15, 0.2) is 0 Å². The second kappa shape index (κ2) is 5.62. The summed E-state index contributed by atoms with van der Waals surface area (Å²) in [5, 5.41) is 0. The first-order valence-corrected chi connectivity index (χ1v) is 5.27. The van der Waals surface area contributed by atoms with Crippen LogP contribution in [0.15, 0.2) is 0 Å². The van der Waals surface area contributed by atoms with Gasteiger partial charge in [-0.2, -0.15) is 0 Å². The highest BCUT2D eigenvalue weighted by Crippen LogP contribution is 2.36. The Kier molecular flexibility index (Phi) is 4.65. The lowest BCUT2D eigenvalue weighted by atomic mass is 10.1. The average molecular weight is 153 g/mol. The molecule has 0 heterocycles. The van der Waals surface area contributed by atoms with Gasteiger partial charge in [0.25, 0.3) is 0 Å². The molecule has 0 nitrogen and oxygen atoms in total. The molecule has 1 fully saturated rings. The number of hydrogen-bond donors (Lipinski definition) is 0. The van der Waals surface area contributed by atoms with E-state index in [1.54, 1.807) is 0 Å². The zero-order valence-corrected chi connectivity index (χ0v) is 7.86. The molecule has 1 saturated carbocycles. The first-order chi connectivity index (χ1) is 5.43. The van der Waals surface area contributed by atoms with Gasteiger partial charge in [0, 0.05) is 0 Å². The molecule has 1 aliphatic carbocycles. The Morgan fingerprint density at radius 3 is 2.18 bits per heavy atom. The van der Waals surface area contributed by atoms with Crippen molar-refractivity contribution in [2.45, 2.75) is 64.7 Å². The third kappa shape index (κ3) is 5.29. The maximum absolute atomic E-state index is 2.28. The van der Waals surface area contributed by atoms with Crippen LogP contribution in [0.3, 0.4) is 0 Å². The molecular weight excluding hydrogens is 132 g/mol. The molecule has 0 bridgehead atoms. The van der Waals surface area contributed by atoms with Crippen molar-refractivity contribution in [2.24, 2.45) is 0 Å². The van der Waals surface area contributed by atoms with Crippen LogP contribution in [0.5, 0.6) is 0 Å². The number of hydrogen-bond acceptors (Lipinski definition) is 0. The zero-order valence-electron chi connectivity index (χ0n) is 7.86. The van der Waals surface area contributed by atoms with E-state index in [4.69, 9.17) is 0 Å². The van der Waals surface area contributed by atoms with Crippen LogP contribution in [0.25, 0.3) is 0 Å². The fourth-order valence-electron chi connectivity index (χ4n) is 1.49. The molecule has 1 aliphatic rings. The molecule has 0 heteroatoms. The molecule has 1 rings (SSSR count). The minimum atomic E-state index is 1.37. The summed E-state index contributed by atoms with van der Waals surface area (Å²) in [6, 6.07) is 0. The first kappa shape index (κ1) is 9.09. The van der Waals surface area contributed by atoms with Gasteiger partial charge in [-0.3, -0.25) is 0 Å². The maximum Gasteiger partial charge on any atom is -0.0241 e. The van der Waals surface area contributed by atoms with E-state index in [1.165, 1.54) is 57.8 Å². The van der Waals surface area contributed by atoms with E-state index in [-0.39, 0.29) is 0 Å². The maximum atomic E-state index is 2.28. The van der Waals surface area contributed by atoms with Crippen molar-refractivity contribution in [1.29, 1.82) is 0 Å². The molecule has 0 spiro atoms. The summed E-state index contributed by atoms with van der Waals surface area (Å²) in [5.41, 5.74) is 0. The van der Waals surface area contributed by atoms with Gasteiger partial charge in [0.2, 0.25) is 0 Å². The standard InChI is InChI=1S/C11H21/c1-2-3-4-5-6-7-8-11-9-10-11/h2-10H2,1H3. The Bertz CT molecular complexity index is 82.0. The van der Waals surface area contributed by atoms with Crippen molar-refractivity contribution in [1.82, 2.24) is 0 Å². The van der Waals surface area contributed by atoms with Crippen molar-refractivity contribution < 1.29 is 0 Å². The molecule has 11 heavy (non-hydrogen) atoms. The minimum Gasteiger partial charge on any atom is -0.0654 e. The fraction of sp³-hybridized carbons (Fsp3) is 0.909. The number of unbranched alkanes of at least 4 members (excludes halogenated alkanes) is 5. The van der Waals surface area contributed by atoms with Crippen LogP contribution in [0, 0.1) is 5.92 Å². The van der Waals surface area contributed by atoms with E-state index in [0.29, 0.717) is 0 Å². The van der Waals surface area contributed by atoms with Gasteiger partial charge in [-0.05, 0) is 25.2 Å². The lowest BCUT2D eigenvalue weighted by Crippen LogP contribution is -1.79. The Morgan fingerprint density at radius 1 is 0.909 bits per heavy atom. The fourth-order valence-corrected chi connectivity index (χ4v) is 1.49. The monoisotopic (exact) mass is 153 g/mol. The zero-order chi connectivity index (χ0) is 7.94. The van der Waals surface area contributed by atoms with E-state index in [9.17, 15) is 0 Å². The summed E-state index contributed by atoms with van der Waals surface area (Å²) in [4.78, 5) is 0. The van der Waals surface area contributed by atoms with Gasteiger partial charge in [0.1, 0.15) is 0 Å². The van der Waals surface area contributed by atoms with Crippen molar-refractivity contribution in [3.8, 4) is 0 Å². The van der Waals surface area contributed by atoms with Gasteiger partial charge < -0.3 is 0 Å². The summed E-state index contributed by atoms with van der Waals surface area (Å²) in [6.45, 7) is 2.28. The molecule has 0 aromatic carbocycles. The molecule has 0 amide bonds. The summed E-state index contributed by atoms with van der Waals surface area (Å²) in [6.07, 6.45) is 13.1. The highest BCUT2D eigenvalue weighted by molar-refractivity contribution is 5.04. The molecule has 0 N–H and O–H groups in total. The lowest BCUT2D eigenvalue weighted by molar-refractivity contribution is 0.603. The van der Waals surface area contributed by atoms with E-state index in [0.717, 1.165) is 0 Å². The van der Waals surface area contributed by atoms with Gasteiger partial charge >= 0.3 is 0 Å². The van der Waals surface area contributed by atoms with Gasteiger partial charge in [-0.1, -0.05) is 45.4 Å². The molecule has 0 unspecified atom stereocenters. The van der Waals surface area contributed by atoms with Crippen LogP contribution in [-0.2, 0) is 0 Å². The summed E-state index contributed by atoms with van der Waals surface area (Å²) in [7, 11) is 0. The molecule has 0 aromatic rings. The number of rotatable bonds is 7. The molecule has 0 aliphatic heterocycles. The topological polar surface area (TPSA) is 0 Å². The SMILES string of the molecule is CCCCCCCC[C]1CC1. The van der Waals surface area contributed by atoms with Crippen LogP contribution in [0.1, 0.15) is 64.7 Å². The van der Waals surface area contributed by atoms with Crippen LogP contribution < -0.4 is 0 Å². The molecule has 0 aromatic heterocycles. The van der Waals surface area contributed by atoms with E-state index < -0.39 is 0 Å². The molecular formula is C11H21. The Labute approximate surface area is 71.4 Å². The molecule has 0 saturated heterocycles. The Morgan fingerprint density at radius 2 is 1.55 bits per heavy atom. The predicted molar refractivity (Wildman–Crippen MR) is 50.5 cm³/mol. The summed E-state index contributed by atoms with van der Waals surface area (Å²) < 4.78 is 0. The van der Waals surface area contributed by atoms with Crippen LogP contribution >= 0.6 is 0 Å². The van der Waals surface area contributed by atoms with Crippen molar-refractivity contribution in [3.63, 3.8) is 0 Å². The van der Waals surface area contributed by atoms with Crippen molar-refractivity contribution in [3.05, 3.63) is 5.92 Å². The third-order valence-electron chi connectivity index (χ3n) is 2.49. The van der Waals surface area contributed by atoms with E-state index in [2.05, 4.69) is 6.92 Å². The second-order valence-corrected chi connectivity index (χ2v) is 3.77. The first-order valence-electron chi connectivity index (χ1n) is 5.27.